The fourth-order valence-electron chi connectivity index (χ4n) is 3.72. The topological polar surface area (TPSA) is 69.4 Å². The van der Waals surface area contributed by atoms with Gasteiger partial charge in [-0.15, -0.1) is 0 Å². The van der Waals surface area contributed by atoms with Gasteiger partial charge in [0.2, 0.25) is 5.91 Å². The maximum absolute atomic E-state index is 12.7. The molecular weight excluding hydrogens is 326 g/mol. The smallest absolute Gasteiger partial charge is 0.338 e. The number of benzene rings is 3. The summed E-state index contributed by atoms with van der Waals surface area (Å²) in [5.74, 6) is -1.50. The van der Waals surface area contributed by atoms with Crippen LogP contribution in [0.3, 0.4) is 0 Å². The fourth-order valence-corrected chi connectivity index (χ4v) is 3.72. The van der Waals surface area contributed by atoms with Crippen LogP contribution in [0.2, 0.25) is 0 Å². The molecule has 1 aliphatic carbocycles. The molecule has 2 N–H and O–H groups in total. The highest BCUT2D eigenvalue weighted by atomic mass is 16.5. The van der Waals surface area contributed by atoms with Crippen molar-refractivity contribution in [3.05, 3.63) is 83.4 Å². The summed E-state index contributed by atoms with van der Waals surface area (Å²) in [6.45, 7) is 0. The summed E-state index contributed by atoms with van der Waals surface area (Å²) in [4.78, 5) is 24.7. The number of ether oxygens (including phenoxy) is 1. The predicted molar refractivity (Wildman–Crippen MR) is 99.8 cm³/mol. The van der Waals surface area contributed by atoms with E-state index in [1.54, 1.807) is 6.07 Å². The number of amides is 1. The molecule has 0 heterocycles. The molecule has 4 nitrogen and oxygen atoms in total. The Morgan fingerprint density at radius 2 is 1.65 bits per heavy atom. The molecule has 0 bridgehead atoms. The van der Waals surface area contributed by atoms with E-state index in [1.807, 2.05) is 60.7 Å². The van der Waals surface area contributed by atoms with Crippen LogP contribution in [0.1, 0.15) is 33.8 Å². The van der Waals surface area contributed by atoms with Gasteiger partial charge in [-0.05, 0) is 46.9 Å². The summed E-state index contributed by atoms with van der Waals surface area (Å²) in [6, 6.07) is 21.0. The van der Waals surface area contributed by atoms with E-state index < -0.39 is 23.9 Å². The molecule has 130 valence electrons. The maximum Gasteiger partial charge on any atom is 0.338 e. The fraction of sp³-hybridized carbons (Fsp3) is 0.182. The van der Waals surface area contributed by atoms with E-state index in [-0.39, 0.29) is 0 Å². The Labute approximate surface area is 151 Å². The zero-order valence-corrected chi connectivity index (χ0v) is 14.2. The lowest BCUT2D eigenvalue weighted by Gasteiger charge is -2.31. The van der Waals surface area contributed by atoms with Crippen molar-refractivity contribution < 1.29 is 14.3 Å². The number of nitrogens with two attached hydrogens (primary N) is 1. The second-order valence-corrected chi connectivity index (χ2v) is 6.62. The van der Waals surface area contributed by atoms with Gasteiger partial charge in [0.15, 0.2) is 0 Å². The first-order valence-electron chi connectivity index (χ1n) is 8.70. The Bertz CT molecular complexity index is 995. The number of carbonyl (C=O) groups is 2. The van der Waals surface area contributed by atoms with E-state index in [2.05, 4.69) is 0 Å². The number of carbonyl (C=O) groups excluding carboxylic acids is 2. The standard InChI is InChI=1S/C22H19NO3/c23-21(24)20-18-8-4-3-6-15(18)11-12-19(20)26-22(25)17-10-9-14-5-1-2-7-16(14)13-17/h1-10,13,19-20H,11-12H2,(H2,23,24). The van der Waals surface area contributed by atoms with E-state index in [1.165, 1.54) is 0 Å². The summed E-state index contributed by atoms with van der Waals surface area (Å²) in [5.41, 5.74) is 8.06. The first-order chi connectivity index (χ1) is 12.6. The highest BCUT2D eigenvalue weighted by molar-refractivity contribution is 5.95. The number of hydrogen-bond acceptors (Lipinski definition) is 3. The number of rotatable bonds is 3. The molecule has 26 heavy (non-hydrogen) atoms. The van der Waals surface area contributed by atoms with Crippen LogP contribution in [0.4, 0.5) is 0 Å². The molecule has 3 aromatic carbocycles. The van der Waals surface area contributed by atoms with Gasteiger partial charge in [-0.25, -0.2) is 4.79 Å². The molecule has 4 heteroatoms. The van der Waals surface area contributed by atoms with Gasteiger partial charge in [-0.2, -0.15) is 0 Å². The molecule has 0 radical (unpaired) electrons. The first kappa shape index (κ1) is 16.3. The van der Waals surface area contributed by atoms with Crippen LogP contribution < -0.4 is 5.73 Å². The lowest BCUT2D eigenvalue weighted by Crippen LogP contribution is -2.38. The average molecular weight is 345 g/mol. The van der Waals surface area contributed by atoms with Crippen molar-refractivity contribution in [1.29, 1.82) is 0 Å². The number of fused-ring (bicyclic) bond motifs is 2. The van der Waals surface area contributed by atoms with Crippen molar-refractivity contribution in [2.24, 2.45) is 5.73 Å². The lowest BCUT2D eigenvalue weighted by molar-refractivity contribution is -0.122. The normalized spacial score (nSPS) is 18.9. The minimum Gasteiger partial charge on any atom is -0.458 e. The van der Waals surface area contributed by atoms with Crippen molar-refractivity contribution in [2.75, 3.05) is 0 Å². The van der Waals surface area contributed by atoms with Crippen LogP contribution in [0.25, 0.3) is 10.8 Å². The summed E-state index contributed by atoms with van der Waals surface area (Å²) in [7, 11) is 0. The van der Waals surface area contributed by atoms with Crippen LogP contribution in [-0.4, -0.2) is 18.0 Å². The van der Waals surface area contributed by atoms with Gasteiger partial charge in [0.1, 0.15) is 6.10 Å². The van der Waals surface area contributed by atoms with Crippen molar-refractivity contribution in [1.82, 2.24) is 0 Å². The minimum absolute atomic E-state index is 0.425. The monoisotopic (exact) mass is 345 g/mol. The Morgan fingerprint density at radius 3 is 2.46 bits per heavy atom. The Balaban J connectivity index is 1.61. The second kappa shape index (κ2) is 6.64. The molecular formula is C22H19NO3. The molecule has 0 aliphatic heterocycles. The highest BCUT2D eigenvalue weighted by Crippen LogP contribution is 2.34. The van der Waals surface area contributed by atoms with E-state index >= 15 is 0 Å². The lowest BCUT2D eigenvalue weighted by atomic mass is 9.80. The van der Waals surface area contributed by atoms with Crippen LogP contribution in [-0.2, 0) is 16.0 Å². The van der Waals surface area contributed by atoms with Crippen LogP contribution in [0.5, 0.6) is 0 Å². The van der Waals surface area contributed by atoms with Gasteiger partial charge in [0.05, 0.1) is 11.5 Å². The minimum atomic E-state index is -0.607. The summed E-state index contributed by atoms with van der Waals surface area (Å²) in [6.07, 6.45) is 0.806. The van der Waals surface area contributed by atoms with Gasteiger partial charge >= 0.3 is 5.97 Å². The number of esters is 1. The third kappa shape index (κ3) is 2.94. The van der Waals surface area contributed by atoms with Crippen LogP contribution in [0.15, 0.2) is 66.7 Å². The maximum atomic E-state index is 12.7. The molecule has 0 saturated carbocycles. The molecule has 0 saturated heterocycles. The molecule has 0 spiro atoms. The zero-order chi connectivity index (χ0) is 18.1. The number of primary amides is 1. The molecule has 0 aromatic heterocycles. The summed E-state index contributed by atoms with van der Waals surface area (Å²) in [5, 5.41) is 2.04. The molecule has 0 fully saturated rings. The third-order valence-corrected chi connectivity index (χ3v) is 5.01. The van der Waals surface area contributed by atoms with Gasteiger partial charge in [-0.1, -0.05) is 54.6 Å². The predicted octanol–water partition coefficient (Wildman–Crippen LogP) is 3.58. The van der Waals surface area contributed by atoms with Crippen molar-refractivity contribution >= 4 is 22.6 Å². The van der Waals surface area contributed by atoms with Crippen molar-refractivity contribution in [2.45, 2.75) is 24.9 Å². The van der Waals surface area contributed by atoms with Crippen molar-refractivity contribution in [3.8, 4) is 0 Å². The SMILES string of the molecule is NC(=O)C1c2ccccc2CCC1OC(=O)c1ccc2ccccc2c1. The molecule has 1 aliphatic rings. The highest BCUT2D eigenvalue weighted by Gasteiger charge is 2.36. The molecule has 2 atom stereocenters. The van der Waals surface area contributed by atoms with Crippen LogP contribution >= 0.6 is 0 Å². The average Bonchev–Trinajstić information content (AvgIpc) is 2.67. The zero-order valence-electron chi connectivity index (χ0n) is 14.2. The number of hydrogen-bond donors (Lipinski definition) is 1. The number of aryl methyl sites for hydroxylation is 1. The Kier molecular flexibility index (Phi) is 4.17. The van der Waals surface area contributed by atoms with E-state index in [9.17, 15) is 9.59 Å². The van der Waals surface area contributed by atoms with Gasteiger partial charge in [-0.3, -0.25) is 4.79 Å². The first-order valence-corrected chi connectivity index (χ1v) is 8.70. The van der Waals surface area contributed by atoms with Crippen LogP contribution in [0, 0.1) is 0 Å². The van der Waals surface area contributed by atoms with Gasteiger partial charge in [0, 0.05) is 0 Å². The summed E-state index contributed by atoms with van der Waals surface area (Å²) >= 11 is 0. The molecule has 2 unspecified atom stereocenters. The molecule has 1 amide bonds. The van der Waals surface area contributed by atoms with Gasteiger partial charge in [0.25, 0.3) is 0 Å². The quantitative estimate of drug-likeness (QED) is 0.738. The largest absolute Gasteiger partial charge is 0.458 e. The van der Waals surface area contributed by atoms with Gasteiger partial charge < -0.3 is 10.5 Å². The molecule has 3 aromatic rings. The van der Waals surface area contributed by atoms with E-state index in [0.29, 0.717) is 12.0 Å². The Morgan fingerprint density at radius 1 is 0.923 bits per heavy atom. The van der Waals surface area contributed by atoms with E-state index in [4.69, 9.17) is 10.5 Å². The molecule has 4 rings (SSSR count). The summed E-state index contributed by atoms with van der Waals surface area (Å²) < 4.78 is 5.72. The second-order valence-electron chi connectivity index (χ2n) is 6.62. The third-order valence-electron chi connectivity index (χ3n) is 5.01. The van der Waals surface area contributed by atoms with E-state index in [0.717, 1.165) is 28.3 Å². The Hall–Kier alpha value is -3.14. The van der Waals surface area contributed by atoms with Crippen molar-refractivity contribution in [3.63, 3.8) is 0 Å².